The highest BCUT2D eigenvalue weighted by Gasteiger charge is 2.42. The third-order valence-electron chi connectivity index (χ3n) is 4.30. The van der Waals surface area contributed by atoms with Gasteiger partial charge in [-0.25, -0.2) is 0 Å². The van der Waals surface area contributed by atoms with Crippen molar-refractivity contribution in [3.63, 3.8) is 0 Å². The lowest BCUT2D eigenvalue weighted by Crippen LogP contribution is -2.48. The van der Waals surface area contributed by atoms with Gasteiger partial charge in [-0.2, -0.15) is 5.26 Å². The monoisotopic (exact) mass is 256 g/mol. The Morgan fingerprint density at radius 2 is 2.16 bits per heavy atom. The Kier molecular flexibility index (Phi) is 3.20. The first-order chi connectivity index (χ1) is 9.21. The summed E-state index contributed by atoms with van der Waals surface area (Å²) in [4.78, 5) is 2.41. The minimum atomic E-state index is 0.0750. The zero-order valence-electron chi connectivity index (χ0n) is 11.4. The maximum absolute atomic E-state index is 8.85. The average molecular weight is 256 g/mol. The van der Waals surface area contributed by atoms with E-state index in [0.717, 1.165) is 25.3 Å². The summed E-state index contributed by atoms with van der Waals surface area (Å²) in [6, 6.07) is 10.1. The van der Waals surface area contributed by atoms with Gasteiger partial charge in [0.1, 0.15) is 0 Å². The van der Waals surface area contributed by atoms with Gasteiger partial charge >= 0.3 is 0 Å². The molecule has 2 saturated heterocycles. The summed E-state index contributed by atoms with van der Waals surface area (Å²) in [5, 5.41) is 8.85. The zero-order chi connectivity index (χ0) is 13.3. The molecule has 0 radical (unpaired) electrons. The molecule has 0 aromatic heterocycles. The lowest BCUT2D eigenvalue weighted by molar-refractivity contribution is -0.00685. The van der Waals surface area contributed by atoms with Gasteiger partial charge in [0.2, 0.25) is 0 Å². The average Bonchev–Trinajstić information content (AvgIpc) is 2.79. The molecule has 0 bridgehead atoms. The maximum atomic E-state index is 8.85. The van der Waals surface area contributed by atoms with E-state index < -0.39 is 0 Å². The molecule has 0 N–H and O–H groups in total. The van der Waals surface area contributed by atoms with Crippen molar-refractivity contribution in [3.8, 4) is 6.07 Å². The Hall–Kier alpha value is -1.53. The van der Waals surface area contributed by atoms with Gasteiger partial charge in [0.15, 0.2) is 0 Å². The molecule has 3 nitrogen and oxygen atoms in total. The summed E-state index contributed by atoms with van der Waals surface area (Å²) in [5.41, 5.74) is 2.01. The van der Waals surface area contributed by atoms with Crippen LogP contribution in [0.15, 0.2) is 24.3 Å². The summed E-state index contributed by atoms with van der Waals surface area (Å²) in [7, 11) is 0. The van der Waals surface area contributed by atoms with Crippen LogP contribution in [-0.4, -0.2) is 25.3 Å². The first kappa shape index (κ1) is 12.5. The lowest BCUT2D eigenvalue weighted by Gasteiger charge is -2.41. The molecule has 19 heavy (non-hydrogen) atoms. The van der Waals surface area contributed by atoms with Crippen molar-refractivity contribution in [2.45, 2.75) is 31.8 Å². The predicted octanol–water partition coefficient (Wildman–Crippen LogP) is 2.95. The van der Waals surface area contributed by atoms with Crippen LogP contribution in [0.5, 0.6) is 0 Å². The molecule has 3 heteroatoms. The third-order valence-corrected chi connectivity index (χ3v) is 4.30. The van der Waals surface area contributed by atoms with E-state index in [1.165, 1.54) is 24.9 Å². The van der Waals surface area contributed by atoms with Gasteiger partial charge in [0.05, 0.1) is 23.8 Å². The number of hydrogen-bond acceptors (Lipinski definition) is 3. The second kappa shape index (κ2) is 4.86. The Morgan fingerprint density at radius 1 is 1.37 bits per heavy atom. The zero-order valence-corrected chi connectivity index (χ0v) is 11.4. The molecule has 0 unspecified atom stereocenters. The van der Waals surface area contributed by atoms with Crippen molar-refractivity contribution in [3.05, 3.63) is 29.8 Å². The van der Waals surface area contributed by atoms with Crippen LogP contribution in [0.25, 0.3) is 0 Å². The Balaban J connectivity index is 1.76. The molecule has 0 saturated carbocycles. The molecular weight excluding hydrogens is 236 g/mol. The summed E-state index contributed by atoms with van der Waals surface area (Å²) in [5.74, 6) is 0.681. The second-order valence-electron chi connectivity index (χ2n) is 5.99. The summed E-state index contributed by atoms with van der Waals surface area (Å²) < 4.78 is 6.10. The lowest BCUT2D eigenvalue weighted by atomic mass is 9.87. The molecule has 2 aliphatic rings. The molecule has 100 valence electrons. The highest BCUT2D eigenvalue weighted by Crippen LogP contribution is 2.38. The highest BCUT2D eigenvalue weighted by atomic mass is 16.5. The molecule has 0 amide bonds. The van der Waals surface area contributed by atoms with E-state index in [2.05, 4.69) is 30.0 Å². The van der Waals surface area contributed by atoms with Crippen LogP contribution in [0.2, 0.25) is 0 Å². The standard InChI is InChI=1S/C16H20N2O/c1-13-9-16(19-11-13)7-2-8-18(12-16)15-5-3-14(10-17)4-6-15/h3-6,13H,2,7-9,11-12H2,1H3/t13-,16+/m0/s1. The van der Waals surface area contributed by atoms with Gasteiger partial charge < -0.3 is 9.64 Å². The predicted molar refractivity (Wildman–Crippen MR) is 75.1 cm³/mol. The van der Waals surface area contributed by atoms with Crippen LogP contribution >= 0.6 is 0 Å². The maximum Gasteiger partial charge on any atom is 0.0991 e. The molecule has 0 aliphatic carbocycles. The van der Waals surface area contributed by atoms with Crippen LogP contribution < -0.4 is 4.90 Å². The smallest absolute Gasteiger partial charge is 0.0991 e. The molecule has 3 rings (SSSR count). The number of anilines is 1. The van der Waals surface area contributed by atoms with E-state index in [0.29, 0.717) is 5.92 Å². The number of benzene rings is 1. The SMILES string of the molecule is C[C@@H]1CO[C@]2(CCCN(c3ccc(C#N)cc3)C2)C1. The van der Waals surface area contributed by atoms with Gasteiger partial charge in [-0.1, -0.05) is 6.92 Å². The number of hydrogen-bond donors (Lipinski definition) is 0. The molecule has 2 atom stereocenters. The van der Waals surface area contributed by atoms with Gasteiger partial charge in [0, 0.05) is 18.8 Å². The fraction of sp³-hybridized carbons (Fsp3) is 0.562. The molecular formula is C16H20N2O. The van der Waals surface area contributed by atoms with E-state index in [1.807, 2.05) is 12.1 Å². The van der Waals surface area contributed by atoms with E-state index in [1.54, 1.807) is 0 Å². The summed E-state index contributed by atoms with van der Waals surface area (Å²) in [6.07, 6.45) is 3.55. The van der Waals surface area contributed by atoms with Crippen molar-refractivity contribution in [2.24, 2.45) is 5.92 Å². The van der Waals surface area contributed by atoms with Crippen molar-refractivity contribution < 1.29 is 4.74 Å². The van der Waals surface area contributed by atoms with Crippen LogP contribution in [0, 0.1) is 17.2 Å². The van der Waals surface area contributed by atoms with Gasteiger partial charge in [-0.05, 0) is 49.4 Å². The first-order valence-electron chi connectivity index (χ1n) is 7.10. The van der Waals surface area contributed by atoms with Gasteiger partial charge in [-0.15, -0.1) is 0 Å². The Bertz CT molecular complexity index is 486. The normalized spacial score (nSPS) is 30.5. The van der Waals surface area contributed by atoms with Crippen LogP contribution in [-0.2, 0) is 4.74 Å². The Labute approximate surface area is 114 Å². The topological polar surface area (TPSA) is 36.3 Å². The number of piperidine rings is 1. The van der Waals surface area contributed by atoms with Gasteiger partial charge in [0.25, 0.3) is 0 Å². The number of nitrogens with zero attached hydrogens (tertiary/aromatic N) is 2. The molecule has 2 heterocycles. The quantitative estimate of drug-likeness (QED) is 0.775. The molecule has 2 aliphatic heterocycles. The fourth-order valence-electron chi connectivity index (χ4n) is 3.42. The van der Waals surface area contributed by atoms with Crippen molar-refractivity contribution in [1.82, 2.24) is 0 Å². The third kappa shape index (κ3) is 2.46. The molecule has 2 fully saturated rings. The fourth-order valence-corrected chi connectivity index (χ4v) is 3.42. The van der Waals surface area contributed by atoms with E-state index in [4.69, 9.17) is 10.00 Å². The van der Waals surface area contributed by atoms with Crippen molar-refractivity contribution in [2.75, 3.05) is 24.6 Å². The molecule has 1 spiro atoms. The number of nitriles is 1. The second-order valence-corrected chi connectivity index (χ2v) is 5.99. The summed E-state index contributed by atoms with van der Waals surface area (Å²) in [6.45, 7) is 5.26. The Morgan fingerprint density at radius 3 is 2.79 bits per heavy atom. The van der Waals surface area contributed by atoms with Crippen LogP contribution in [0.1, 0.15) is 31.7 Å². The van der Waals surface area contributed by atoms with Crippen molar-refractivity contribution in [1.29, 1.82) is 5.26 Å². The first-order valence-corrected chi connectivity index (χ1v) is 7.10. The van der Waals surface area contributed by atoms with Crippen LogP contribution in [0.3, 0.4) is 0 Å². The number of rotatable bonds is 1. The minimum absolute atomic E-state index is 0.0750. The van der Waals surface area contributed by atoms with Crippen LogP contribution in [0.4, 0.5) is 5.69 Å². The molecule has 1 aromatic rings. The van der Waals surface area contributed by atoms with E-state index in [-0.39, 0.29) is 5.60 Å². The molecule has 1 aromatic carbocycles. The summed E-state index contributed by atoms with van der Waals surface area (Å²) >= 11 is 0. The minimum Gasteiger partial charge on any atom is -0.373 e. The highest BCUT2D eigenvalue weighted by molar-refractivity contribution is 5.50. The van der Waals surface area contributed by atoms with Gasteiger partial charge in [-0.3, -0.25) is 0 Å². The van der Waals surface area contributed by atoms with E-state index in [9.17, 15) is 0 Å². The van der Waals surface area contributed by atoms with Crippen molar-refractivity contribution >= 4 is 5.69 Å². The van der Waals surface area contributed by atoms with E-state index >= 15 is 0 Å². The number of ether oxygens (including phenoxy) is 1. The largest absolute Gasteiger partial charge is 0.373 e.